The van der Waals surface area contributed by atoms with Gasteiger partial charge in [-0.25, -0.2) is 0 Å². The summed E-state index contributed by atoms with van der Waals surface area (Å²) >= 11 is 0. The second-order valence-corrected chi connectivity index (χ2v) is 3.70. The van der Waals surface area contributed by atoms with E-state index in [0.29, 0.717) is 0 Å². The van der Waals surface area contributed by atoms with Crippen LogP contribution < -0.4 is 0 Å². The summed E-state index contributed by atoms with van der Waals surface area (Å²) < 4.78 is 5.19. The number of rotatable bonds is 2. The number of β-amino-alcohol motifs (C(OH)–C–C–N with tert-alkyl or cyclic N) is 1. The smallest absolute Gasteiger partial charge is 0.0718 e. The molecular weight excluding hydrogens is 142 g/mol. The Morgan fingerprint density at radius 1 is 1.36 bits per heavy atom. The van der Waals surface area contributed by atoms with Gasteiger partial charge in [-0.2, -0.15) is 0 Å². The summed E-state index contributed by atoms with van der Waals surface area (Å²) in [5, 5.41) is 9.49. The molecule has 0 aromatic carbocycles. The molecule has 0 aromatic rings. The van der Waals surface area contributed by atoms with Crippen LogP contribution in [0.3, 0.4) is 0 Å². The second kappa shape index (κ2) is 3.52. The van der Waals surface area contributed by atoms with E-state index >= 15 is 0 Å². The lowest BCUT2D eigenvalue weighted by atomic mass is 10.1. The van der Waals surface area contributed by atoms with E-state index in [1.54, 1.807) is 0 Å². The molecular formula is C8H17NO2. The first kappa shape index (κ1) is 8.97. The van der Waals surface area contributed by atoms with E-state index < -0.39 is 5.60 Å². The van der Waals surface area contributed by atoms with Crippen molar-refractivity contribution in [1.82, 2.24) is 4.90 Å². The van der Waals surface area contributed by atoms with Crippen LogP contribution in [0.25, 0.3) is 0 Å². The molecule has 0 amide bonds. The van der Waals surface area contributed by atoms with Gasteiger partial charge in [0.05, 0.1) is 18.8 Å². The minimum absolute atomic E-state index is 0.572. The topological polar surface area (TPSA) is 32.7 Å². The molecule has 1 rings (SSSR count). The highest BCUT2D eigenvalue weighted by molar-refractivity contribution is 4.73. The SMILES string of the molecule is CC(C)(O)CN1CCOCC1. The number of nitrogens with zero attached hydrogens (tertiary/aromatic N) is 1. The van der Waals surface area contributed by atoms with E-state index in [2.05, 4.69) is 4.90 Å². The maximum atomic E-state index is 9.49. The number of morpholine rings is 1. The van der Waals surface area contributed by atoms with Crippen molar-refractivity contribution >= 4 is 0 Å². The Kier molecular flexibility index (Phi) is 2.87. The predicted octanol–water partition coefficient (Wildman–Crippen LogP) is 0.0895. The maximum Gasteiger partial charge on any atom is 0.0718 e. The molecule has 0 aromatic heterocycles. The third-order valence-electron chi connectivity index (χ3n) is 1.71. The first-order valence-corrected chi connectivity index (χ1v) is 4.10. The van der Waals surface area contributed by atoms with Crippen molar-refractivity contribution in [2.24, 2.45) is 0 Å². The average Bonchev–Trinajstić information content (AvgIpc) is 1.85. The molecule has 3 heteroatoms. The van der Waals surface area contributed by atoms with Gasteiger partial charge in [0.1, 0.15) is 0 Å². The fourth-order valence-corrected chi connectivity index (χ4v) is 1.31. The van der Waals surface area contributed by atoms with Crippen LogP contribution in [0, 0.1) is 0 Å². The Morgan fingerprint density at radius 3 is 2.36 bits per heavy atom. The molecule has 0 aliphatic carbocycles. The molecule has 0 atom stereocenters. The van der Waals surface area contributed by atoms with Gasteiger partial charge in [0.2, 0.25) is 0 Å². The molecule has 1 saturated heterocycles. The van der Waals surface area contributed by atoms with Gasteiger partial charge in [-0.05, 0) is 13.8 Å². The zero-order chi connectivity index (χ0) is 8.32. The maximum absolute atomic E-state index is 9.49. The summed E-state index contributed by atoms with van der Waals surface area (Å²) in [7, 11) is 0. The summed E-state index contributed by atoms with van der Waals surface area (Å²) in [6.07, 6.45) is 0. The second-order valence-electron chi connectivity index (χ2n) is 3.70. The predicted molar refractivity (Wildman–Crippen MR) is 43.6 cm³/mol. The van der Waals surface area contributed by atoms with Crippen LogP contribution in [-0.2, 0) is 4.74 Å². The molecule has 66 valence electrons. The van der Waals surface area contributed by atoms with E-state index in [1.807, 2.05) is 13.8 Å². The molecule has 1 heterocycles. The minimum Gasteiger partial charge on any atom is -0.389 e. The molecule has 1 aliphatic heterocycles. The Labute approximate surface area is 68.0 Å². The van der Waals surface area contributed by atoms with Gasteiger partial charge in [-0.3, -0.25) is 4.90 Å². The summed E-state index contributed by atoms with van der Waals surface area (Å²) in [6, 6.07) is 0. The molecule has 1 fully saturated rings. The van der Waals surface area contributed by atoms with Gasteiger partial charge in [-0.1, -0.05) is 0 Å². The van der Waals surface area contributed by atoms with Crippen molar-refractivity contribution in [1.29, 1.82) is 0 Å². The van der Waals surface area contributed by atoms with Crippen LogP contribution in [0.5, 0.6) is 0 Å². The lowest BCUT2D eigenvalue weighted by Gasteiger charge is -2.31. The summed E-state index contributed by atoms with van der Waals surface area (Å²) in [4.78, 5) is 2.23. The monoisotopic (exact) mass is 159 g/mol. The van der Waals surface area contributed by atoms with Crippen molar-refractivity contribution in [2.45, 2.75) is 19.4 Å². The average molecular weight is 159 g/mol. The fourth-order valence-electron chi connectivity index (χ4n) is 1.31. The Morgan fingerprint density at radius 2 is 1.91 bits per heavy atom. The molecule has 11 heavy (non-hydrogen) atoms. The summed E-state index contributed by atoms with van der Waals surface area (Å²) in [5.74, 6) is 0. The molecule has 0 spiro atoms. The first-order valence-electron chi connectivity index (χ1n) is 4.10. The van der Waals surface area contributed by atoms with E-state index in [4.69, 9.17) is 4.74 Å². The lowest BCUT2D eigenvalue weighted by molar-refractivity contribution is -0.0138. The van der Waals surface area contributed by atoms with Gasteiger partial charge in [0.15, 0.2) is 0 Å². The largest absolute Gasteiger partial charge is 0.389 e. The van der Waals surface area contributed by atoms with Crippen LogP contribution in [0.15, 0.2) is 0 Å². The number of aliphatic hydroxyl groups is 1. The van der Waals surface area contributed by atoms with Crippen LogP contribution in [-0.4, -0.2) is 48.5 Å². The highest BCUT2D eigenvalue weighted by atomic mass is 16.5. The lowest BCUT2D eigenvalue weighted by Crippen LogP contribution is -2.44. The van der Waals surface area contributed by atoms with Crippen molar-refractivity contribution in [3.05, 3.63) is 0 Å². The number of ether oxygens (including phenoxy) is 1. The Balaban J connectivity index is 2.24. The molecule has 0 unspecified atom stereocenters. The summed E-state index contributed by atoms with van der Waals surface area (Å²) in [5.41, 5.74) is -0.572. The Hall–Kier alpha value is -0.120. The van der Waals surface area contributed by atoms with Crippen LogP contribution in [0.4, 0.5) is 0 Å². The van der Waals surface area contributed by atoms with Crippen molar-refractivity contribution in [3.63, 3.8) is 0 Å². The third-order valence-corrected chi connectivity index (χ3v) is 1.71. The molecule has 3 nitrogen and oxygen atoms in total. The molecule has 1 N–H and O–H groups in total. The van der Waals surface area contributed by atoms with Gasteiger partial charge < -0.3 is 9.84 Å². The zero-order valence-corrected chi connectivity index (χ0v) is 7.34. The van der Waals surface area contributed by atoms with Gasteiger partial charge in [0.25, 0.3) is 0 Å². The zero-order valence-electron chi connectivity index (χ0n) is 7.34. The van der Waals surface area contributed by atoms with E-state index in [0.717, 1.165) is 32.8 Å². The molecule has 0 radical (unpaired) electrons. The third kappa shape index (κ3) is 3.70. The molecule has 0 bridgehead atoms. The number of hydrogen-bond acceptors (Lipinski definition) is 3. The fraction of sp³-hybridized carbons (Fsp3) is 1.00. The first-order chi connectivity index (χ1) is 5.08. The van der Waals surface area contributed by atoms with Crippen LogP contribution in [0.1, 0.15) is 13.8 Å². The van der Waals surface area contributed by atoms with E-state index in [9.17, 15) is 5.11 Å². The van der Waals surface area contributed by atoms with E-state index in [-0.39, 0.29) is 0 Å². The van der Waals surface area contributed by atoms with Gasteiger partial charge >= 0.3 is 0 Å². The van der Waals surface area contributed by atoms with Crippen LogP contribution >= 0.6 is 0 Å². The highest BCUT2D eigenvalue weighted by Gasteiger charge is 2.19. The van der Waals surface area contributed by atoms with E-state index in [1.165, 1.54) is 0 Å². The normalized spacial score (nSPS) is 22.1. The Bertz CT molecular complexity index is 114. The summed E-state index contributed by atoms with van der Waals surface area (Å²) in [6.45, 7) is 7.92. The van der Waals surface area contributed by atoms with Crippen molar-refractivity contribution in [3.8, 4) is 0 Å². The van der Waals surface area contributed by atoms with Gasteiger partial charge in [0, 0.05) is 19.6 Å². The quantitative estimate of drug-likeness (QED) is 0.620. The minimum atomic E-state index is -0.572. The van der Waals surface area contributed by atoms with Crippen molar-refractivity contribution in [2.75, 3.05) is 32.8 Å². The highest BCUT2D eigenvalue weighted by Crippen LogP contribution is 2.06. The van der Waals surface area contributed by atoms with Crippen LogP contribution in [0.2, 0.25) is 0 Å². The standard InChI is InChI=1S/C8H17NO2/c1-8(2,10)7-9-3-5-11-6-4-9/h10H,3-7H2,1-2H3. The number of hydrogen-bond donors (Lipinski definition) is 1. The molecule has 1 aliphatic rings. The van der Waals surface area contributed by atoms with Gasteiger partial charge in [-0.15, -0.1) is 0 Å². The van der Waals surface area contributed by atoms with Crippen molar-refractivity contribution < 1.29 is 9.84 Å². The molecule has 0 saturated carbocycles.